The van der Waals surface area contributed by atoms with Gasteiger partial charge in [-0.15, -0.1) is 0 Å². The minimum atomic E-state index is -0.577. The van der Waals surface area contributed by atoms with Gasteiger partial charge in [0, 0.05) is 29.7 Å². The van der Waals surface area contributed by atoms with Gasteiger partial charge < -0.3 is 5.32 Å². The van der Waals surface area contributed by atoms with Gasteiger partial charge in [-0.3, -0.25) is 15.1 Å². The first kappa shape index (κ1) is 17.3. The summed E-state index contributed by atoms with van der Waals surface area (Å²) >= 11 is 5.80. The van der Waals surface area contributed by atoms with E-state index in [-0.39, 0.29) is 16.3 Å². The molecule has 0 spiro atoms. The Kier molecular flexibility index (Phi) is 4.78. The fourth-order valence-corrected chi connectivity index (χ4v) is 2.64. The number of pyridine rings is 1. The molecule has 0 fully saturated rings. The summed E-state index contributed by atoms with van der Waals surface area (Å²) in [5, 5.41) is 23.6. The summed E-state index contributed by atoms with van der Waals surface area (Å²) in [6, 6.07) is 12.1. The predicted octanol–water partition coefficient (Wildman–Crippen LogP) is 5.06. The van der Waals surface area contributed by atoms with E-state index in [4.69, 9.17) is 11.6 Å². The molecule has 0 unspecified atom stereocenters. The zero-order valence-corrected chi connectivity index (χ0v) is 13.9. The molecule has 2 aromatic carbocycles. The fraction of sp³-hybridized carbons (Fsp3) is 0. The molecule has 0 bridgehead atoms. The number of rotatable bonds is 4. The van der Waals surface area contributed by atoms with Gasteiger partial charge in [-0.25, -0.2) is 4.39 Å². The van der Waals surface area contributed by atoms with Crippen molar-refractivity contribution < 1.29 is 9.31 Å². The molecule has 3 rings (SSSR count). The number of anilines is 2. The number of benzene rings is 2. The van der Waals surface area contributed by atoms with E-state index in [9.17, 15) is 19.8 Å². The molecule has 6 nitrogen and oxygen atoms in total. The number of para-hydroxylation sites is 1. The summed E-state index contributed by atoms with van der Waals surface area (Å²) in [5.74, 6) is -0.577. The van der Waals surface area contributed by atoms with Crippen molar-refractivity contribution >= 4 is 28.7 Å². The van der Waals surface area contributed by atoms with Gasteiger partial charge >= 0.3 is 0 Å². The first-order chi connectivity index (χ1) is 12.5. The lowest BCUT2D eigenvalue weighted by molar-refractivity contribution is -0.384. The summed E-state index contributed by atoms with van der Waals surface area (Å²) in [6.45, 7) is 0. The number of nitriles is 1. The zero-order valence-electron chi connectivity index (χ0n) is 13.1. The van der Waals surface area contributed by atoms with Crippen molar-refractivity contribution in [1.29, 1.82) is 5.26 Å². The van der Waals surface area contributed by atoms with Crippen LogP contribution < -0.4 is 5.32 Å². The Bertz CT molecular complexity index is 1050. The van der Waals surface area contributed by atoms with Crippen LogP contribution in [0.3, 0.4) is 0 Å². The third kappa shape index (κ3) is 3.31. The van der Waals surface area contributed by atoms with Gasteiger partial charge in [-0.1, -0.05) is 23.7 Å². The molecule has 1 aromatic heterocycles. The second kappa shape index (κ2) is 7.17. The minimum absolute atomic E-state index is 0.0881. The number of hydrogen-bond acceptors (Lipinski definition) is 5. The number of halogens is 2. The average molecular weight is 369 g/mol. The molecule has 0 saturated carbocycles. The maximum Gasteiger partial charge on any atom is 0.277 e. The lowest BCUT2D eigenvalue weighted by Gasteiger charge is -2.14. The Labute approximate surface area is 152 Å². The van der Waals surface area contributed by atoms with Crippen molar-refractivity contribution in [2.75, 3.05) is 5.32 Å². The first-order valence-corrected chi connectivity index (χ1v) is 7.73. The monoisotopic (exact) mass is 368 g/mol. The smallest absolute Gasteiger partial charge is 0.277 e. The zero-order chi connectivity index (χ0) is 18.7. The predicted molar refractivity (Wildman–Crippen MR) is 95.7 cm³/mol. The number of nitro benzene ring substituents is 1. The molecule has 128 valence electrons. The Hall–Kier alpha value is -3.50. The normalized spacial score (nSPS) is 10.2. The van der Waals surface area contributed by atoms with Gasteiger partial charge in [0.25, 0.3) is 5.69 Å². The second-order valence-corrected chi connectivity index (χ2v) is 5.66. The summed E-state index contributed by atoms with van der Waals surface area (Å²) in [5.41, 5.74) is 1.48. The van der Waals surface area contributed by atoms with Crippen molar-refractivity contribution in [3.63, 3.8) is 0 Å². The quantitative estimate of drug-likeness (QED) is 0.513. The van der Waals surface area contributed by atoms with E-state index in [1.165, 1.54) is 36.7 Å². The van der Waals surface area contributed by atoms with Gasteiger partial charge in [-0.05, 0) is 24.3 Å². The van der Waals surface area contributed by atoms with Crippen molar-refractivity contribution in [3.8, 4) is 17.2 Å². The van der Waals surface area contributed by atoms with Crippen LogP contribution in [0.2, 0.25) is 5.02 Å². The molecular formula is C18H10ClFN4O2. The van der Waals surface area contributed by atoms with Crippen molar-refractivity contribution in [1.82, 2.24) is 4.98 Å². The van der Waals surface area contributed by atoms with Crippen LogP contribution in [0.4, 0.5) is 21.5 Å². The SMILES string of the molecule is N#Cc1cncc(-c2ccccc2[N+](=O)[O-])c1Nc1ccc(F)c(Cl)c1. The number of nitrogens with one attached hydrogen (secondary N) is 1. The molecule has 3 aromatic rings. The maximum atomic E-state index is 13.4. The first-order valence-electron chi connectivity index (χ1n) is 7.35. The summed E-state index contributed by atoms with van der Waals surface area (Å²) in [6.07, 6.45) is 2.77. The molecule has 0 aliphatic carbocycles. The van der Waals surface area contributed by atoms with Crippen LogP contribution in [-0.2, 0) is 0 Å². The van der Waals surface area contributed by atoms with Crippen molar-refractivity contribution in [2.45, 2.75) is 0 Å². The van der Waals surface area contributed by atoms with Crippen LogP contribution in [0.5, 0.6) is 0 Å². The Morgan fingerprint density at radius 2 is 1.96 bits per heavy atom. The number of aromatic nitrogens is 1. The van der Waals surface area contributed by atoms with Gasteiger partial charge in [0.2, 0.25) is 0 Å². The third-order valence-corrected chi connectivity index (χ3v) is 3.94. The molecule has 0 radical (unpaired) electrons. The highest BCUT2D eigenvalue weighted by molar-refractivity contribution is 6.31. The molecule has 1 N–H and O–H groups in total. The van der Waals surface area contributed by atoms with Crippen LogP contribution in [0, 0.1) is 27.3 Å². The van der Waals surface area contributed by atoms with Crippen LogP contribution >= 0.6 is 11.6 Å². The van der Waals surface area contributed by atoms with E-state index in [2.05, 4.69) is 10.3 Å². The maximum absolute atomic E-state index is 13.4. The molecule has 8 heteroatoms. The van der Waals surface area contributed by atoms with E-state index in [0.29, 0.717) is 22.5 Å². The summed E-state index contributed by atoms with van der Waals surface area (Å²) < 4.78 is 13.4. The number of nitro groups is 1. The summed E-state index contributed by atoms with van der Waals surface area (Å²) in [7, 11) is 0. The second-order valence-electron chi connectivity index (χ2n) is 5.25. The van der Waals surface area contributed by atoms with Crippen LogP contribution in [0.1, 0.15) is 5.56 Å². The molecule has 0 amide bonds. The van der Waals surface area contributed by atoms with Gasteiger partial charge in [0.1, 0.15) is 11.9 Å². The van der Waals surface area contributed by atoms with E-state index in [1.807, 2.05) is 6.07 Å². The fourth-order valence-electron chi connectivity index (χ4n) is 2.46. The topological polar surface area (TPSA) is 91.8 Å². The van der Waals surface area contributed by atoms with Gasteiger partial charge in [0.05, 0.1) is 26.8 Å². The van der Waals surface area contributed by atoms with E-state index in [0.717, 1.165) is 0 Å². The van der Waals surface area contributed by atoms with Crippen LogP contribution in [0.25, 0.3) is 11.1 Å². The highest BCUT2D eigenvalue weighted by Crippen LogP contribution is 2.37. The van der Waals surface area contributed by atoms with Crippen molar-refractivity contribution in [3.05, 3.63) is 81.4 Å². The number of nitrogens with zero attached hydrogens (tertiary/aromatic N) is 3. The van der Waals surface area contributed by atoms with Crippen molar-refractivity contribution in [2.24, 2.45) is 0 Å². The van der Waals surface area contributed by atoms with Crippen LogP contribution in [-0.4, -0.2) is 9.91 Å². The molecular weight excluding hydrogens is 359 g/mol. The highest BCUT2D eigenvalue weighted by atomic mass is 35.5. The van der Waals surface area contributed by atoms with Gasteiger partial charge in [0.15, 0.2) is 0 Å². The average Bonchev–Trinajstić information content (AvgIpc) is 2.65. The Morgan fingerprint density at radius 1 is 1.19 bits per heavy atom. The lowest BCUT2D eigenvalue weighted by Crippen LogP contribution is -2.00. The molecule has 0 aliphatic rings. The minimum Gasteiger partial charge on any atom is -0.354 e. The number of hydrogen-bond donors (Lipinski definition) is 1. The third-order valence-electron chi connectivity index (χ3n) is 3.65. The Balaban J connectivity index is 2.18. The standard InChI is InChI=1S/C18H10ClFN4O2/c19-15-7-12(5-6-16(15)20)23-18-11(8-21)9-22-10-14(18)13-3-1-2-4-17(13)24(25)26/h1-7,9-10H,(H,22,23). The van der Waals surface area contributed by atoms with E-state index >= 15 is 0 Å². The largest absolute Gasteiger partial charge is 0.354 e. The van der Waals surface area contributed by atoms with E-state index < -0.39 is 10.7 Å². The van der Waals surface area contributed by atoms with E-state index in [1.54, 1.807) is 18.2 Å². The highest BCUT2D eigenvalue weighted by Gasteiger charge is 2.20. The molecule has 0 saturated heterocycles. The Morgan fingerprint density at radius 3 is 2.65 bits per heavy atom. The molecule has 26 heavy (non-hydrogen) atoms. The van der Waals surface area contributed by atoms with Crippen LogP contribution in [0.15, 0.2) is 54.9 Å². The molecule has 0 aliphatic heterocycles. The molecule has 0 atom stereocenters. The van der Waals surface area contributed by atoms with Gasteiger partial charge in [-0.2, -0.15) is 5.26 Å². The summed E-state index contributed by atoms with van der Waals surface area (Å²) in [4.78, 5) is 14.8. The lowest BCUT2D eigenvalue weighted by atomic mass is 10.0. The molecule has 1 heterocycles.